The number of aliphatic hydroxyl groups is 1. The minimum atomic E-state index is -0.759. The first-order valence-electron chi connectivity index (χ1n) is 8.42. The van der Waals surface area contributed by atoms with E-state index in [9.17, 15) is 5.11 Å². The summed E-state index contributed by atoms with van der Waals surface area (Å²) in [5.41, 5.74) is 2.52. The molecule has 0 spiro atoms. The van der Waals surface area contributed by atoms with Crippen molar-refractivity contribution in [1.82, 2.24) is 14.9 Å². The Morgan fingerprint density at radius 1 is 1.22 bits per heavy atom. The number of pyridine rings is 2. The molecular weight excluding hydrogens is 286 g/mol. The minimum absolute atomic E-state index is 0.291. The highest BCUT2D eigenvalue weighted by Crippen LogP contribution is 2.50. The lowest BCUT2D eigenvalue weighted by atomic mass is 9.85. The Balaban J connectivity index is 1.52. The average Bonchev–Trinajstić information content (AvgIpc) is 3.10. The van der Waals surface area contributed by atoms with Crippen molar-refractivity contribution in [2.24, 2.45) is 11.8 Å². The van der Waals surface area contributed by atoms with Crippen LogP contribution in [0.15, 0.2) is 42.9 Å². The fourth-order valence-electron chi connectivity index (χ4n) is 4.30. The summed E-state index contributed by atoms with van der Waals surface area (Å²) in [6.07, 6.45) is 7.48. The molecule has 2 aromatic rings. The third-order valence-electron chi connectivity index (χ3n) is 5.54. The summed E-state index contributed by atoms with van der Waals surface area (Å²) in [5.74, 6) is 0.865. The Morgan fingerprint density at radius 2 is 2.04 bits per heavy atom. The lowest BCUT2D eigenvalue weighted by Crippen LogP contribution is -2.35. The molecule has 4 heteroatoms. The highest BCUT2D eigenvalue weighted by atomic mass is 16.3. The topological polar surface area (TPSA) is 49.2 Å². The second-order valence-corrected chi connectivity index (χ2v) is 7.10. The van der Waals surface area contributed by atoms with Crippen molar-refractivity contribution in [3.63, 3.8) is 0 Å². The van der Waals surface area contributed by atoms with Crippen LogP contribution in [0.4, 0.5) is 0 Å². The van der Waals surface area contributed by atoms with E-state index in [4.69, 9.17) is 0 Å². The zero-order valence-corrected chi connectivity index (χ0v) is 13.5. The van der Waals surface area contributed by atoms with Gasteiger partial charge in [0.05, 0.1) is 5.69 Å². The maximum atomic E-state index is 11.3. The molecule has 0 unspecified atom stereocenters. The van der Waals surface area contributed by atoms with Gasteiger partial charge in [-0.2, -0.15) is 0 Å². The molecule has 2 fully saturated rings. The summed E-state index contributed by atoms with van der Waals surface area (Å²) < 4.78 is 0. The summed E-state index contributed by atoms with van der Waals surface area (Å²) in [4.78, 5) is 11.1. The average molecular weight is 309 g/mol. The molecule has 120 valence electrons. The largest absolute Gasteiger partial charge is 0.383 e. The molecule has 0 amide bonds. The van der Waals surface area contributed by atoms with Gasteiger partial charge in [0.1, 0.15) is 5.60 Å². The van der Waals surface area contributed by atoms with Crippen LogP contribution in [0.2, 0.25) is 0 Å². The number of hydrogen-bond donors (Lipinski definition) is 1. The lowest BCUT2D eigenvalue weighted by molar-refractivity contribution is -0.0108. The van der Waals surface area contributed by atoms with Crippen molar-refractivity contribution < 1.29 is 5.11 Å². The van der Waals surface area contributed by atoms with E-state index in [2.05, 4.69) is 33.1 Å². The molecule has 4 rings (SSSR count). The van der Waals surface area contributed by atoms with Gasteiger partial charge in [-0.05, 0) is 55.0 Å². The molecule has 3 heterocycles. The van der Waals surface area contributed by atoms with E-state index in [1.165, 1.54) is 5.56 Å². The van der Waals surface area contributed by atoms with Gasteiger partial charge in [-0.15, -0.1) is 0 Å². The van der Waals surface area contributed by atoms with Crippen LogP contribution in [0.1, 0.15) is 29.7 Å². The summed E-state index contributed by atoms with van der Waals surface area (Å²) in [5, 5.41) is 11.3. The summed E-state index contributed by atoms with van der Waals surface area (Å²) in [7, 11) is 0. The smallest absolute Gasteiger partial charge is 0.111 e. The van der Waals surface area contributed by atoms with Gasteiger partial charge >= 0.3 is 0 Å². The highest BCUT2D eigenvalue weighted by molar-refractivity contribution is 5.22. The quantitative estimate of drug-likeness (QED) is 0.946. The van der Waals surface area contributed by atoms with Crippen molar-refractivity contribution in [2.45, 2.75) is 31.9 Å². The standard InChI is InChI=1S/C19H23N3O/c1-14-2-3-18(21-10-14)19(23)7-4-16-12-22(13-17(16)19)11-15-5-8-20-9-6-15/h2-3,5-6,8-10,16-17,23H,4,7,11-13H2,1H3/t16-,17+,19-/m0/s1. The van der Waals surface area contributed by atoms with Crippen LogP contribution in [0.5, 0.6) is 0 Å². The summed E-state index contributed by atoms with van der Waals surface area (Å²) >= 11 is 0. The van der Waals surface area contributed by atoms with Gasteiger partial charge in [0.15, 0.2) is 0 Å². The first-order valence-corrected chi connectivity index (χ1v) is 8.42. The van der Waals surface area contributed by atoms with Gasteiger partial charge in [-0.1, -0.05) is 6.07 Å². The van der Waals surface area contributed by atoms with E-state index in [-0.39, 0.29) is 0 Å². The molecule has 1 saturated carbocycles. The maximum Gasteiger partial charge on any atom is 0.111 e. The molecule has 1 aliphatic carbocycles. The molecule has 2 aliphatic rings. The predicted molar refractivity (Wildman–Crippen MR) is 88.6 cm³/mol. The number of likely N-dealkylation sites (tertiary alicyclic amines) is 1. The second kappa shape index (κ2) is 5.69. The van der Waals surface area contributed by atoms with Crippen LogP contribution in [-0.2, 0) is 12.1 Å². The van der Waals surface area contributed by atoms with Gasteiger partial charge < -0.3 is 5.11 Å². The third kappa shape index (κ3) is 2.66. The van der Waals surface area contributed by atoms with E-state index in [0.717, 1.165) is 43.7 Å². The molecule has 2 aromatic heterocycles. The number of nitrogens with zero attached hydrogens (tertiary/aromatic N) is 3. The maximum absolute atomic E-state index is 11.3. The van der Waals surface area contributed by atoms with Crippen molar-refractivity contribution in [2.75, 3.05) is 13.1 Å². The normalized spacial score (nSPS) is 30.5. The first-order chi connectivity index (χ1) is 11.1. The van der Waals surface area contributed by atoms with Gasteiger partial charge in [-0.3, -0.25) is 14.9 Å². The van der Waals surface area contributed by atoms with Crippen LogP contribution in [0.25, 0.3) is 0 Å². The molecular formula is C19H23N3O. The Kier molecular flexibility index (Phi) is 3.66. The van der Waals surface area contributed by atoms with E-state index >= 15 is 0 Å². The Bertz CT molecular complexity index is 673. The van der Waals surface area contributed by atoms with Crippen molar-refractivity contribution in [1.29, 1.82) is 0 Å². The van der Waals surface area contributed by atoms with Crippen LogP contribution >= 0.6 is 0 Å². The van der Waals surface area contributed by atoms with Crippen LogP contribution in [0, 0.1) is 18.8 Å². The second-order valence-electron chi connectivity index (χ2n) is 7.10. The lowest BCUT2D eigenvalue weighted by Gasteiger charge is -2.29. The predicted octanol–water partition coefficient (Wildman–Crippen LogP) is 2.51. The molecule has 4 nitrogen and oxygen atoms in total. The van der Waals surface area contributed by atoms with Crippen molar-refractivity contribution in [3.8, 4) is 0 Å². The zero-order chi connectivity index (χ0) is 15.9. The van der Waals surface area contributed by atoms with Gasteiger partial charge in [0, 0.05) is 44.1 Å². The molecule has 0 radical (unpaired) electrons. The van der Waals surface area contributed by atoms with Gasteiger partial charge in [0.2, 0.25) is 0 Å². The molecule has 23 heavy (non-hydrogen) atoms. The van der Waals surface area contributed by atoms with Crippen molar-refractivity contribution >= 4 is 0 Å². The fourth-order valence-corrected chi connectivity index (χ4v) is 4.30. The van der Waals surface area contributed by atoms with Gasteiger partial charge in [-0.25, -0.2) is 0 Å². The molecule has 0 aromatic carbocycles. The number of rotatable bonds is 3. The van der Waals surface area contributed by atoms with Crippen LogP contribution in [0.3, 0.4) is 0 Å². The first kappa shape index (κ1) is 14.8. The van der Waals surface area contributed by atoms with E-state index in [0.29, 0.717) is 11.8 Å². The van der Waals surface area contributed by atoms with E-state index in [1.807, 2.05) is 31.6 Å². The number of fused-ring (bicyclic) bond motifs is 1. The van der Waals surface area contributed by atoms with E-state index < -0.39 is 5.60 Å². The van der Waals surface area contributed by atoms with Gasteiger partial charge in [0.25, 0.3) is 0 Å². The molecule has 1 N–H and O–H groups in total. The number of aromatic nitrogens is 2. The molecule has 1 aliphatic heterocycles. The molecule has 1 saturated heterocycles. The van der Waals surface area contributed by atoms with Crippen LogP contribution < -0.4 is 0 Å². The Morgan fingerprint density at radius 3 is 2.78 bits per heavy atom. The van der Waals surface area contributed by atoms with E-state index in [1.54, 1.807) is 0 Å². The van der Waals surface area contributed by atoms with Crippen LogP contribution in [-0.4, -0.2) is 33.1 Å². The number of aryl methyl sites for hydroxylation is 1. The monoisotopic (exact) mass is 309 g/mol. The third-order valence-corrected chi connectivity index (χ3v) is 5.54. The Hall–Kier alpha value is -1.78. The summed E-state index contributed by atoms with van der Waals surface area (Å²) in [6.45, 7) is 4.98. The molecule has 3 atom stereocenters. The SMILES string of the molecule is Cc1ccc([C@]2(O)CC[C@H]3CN(Cc4ccncc4)C[C@H]32)nc1. The Labute approximate surface area is 137 Å². The number of hydrogen-bond acceptors (Lipinski definition) is 4. The zero-order valence-electron chi connectivity index (χ0n) is 13.5. The summed E-state index contributed by atoms with van der Waals surface area (Å²) in [6, 6.07) is 8.20. The van der Waals surface area contributed by atoms with Crippen molar-refractivity contribution in [3.05, 3.63) is 59.7 Å². The fraction of sp³-hybridized carbons (Fsp3) is 0.474. The minimum Gasteiger partial charge on any atom is -0.383 e. The molecule has 0 bridgehead atoms. The highest BCUT2D eigenvalue weighted by Gasteiger charge is 2.52.